The Hall–Kier alpha value is -2.00. The van der Waals surface area contributed by atoms with E-state index in [9.17, 15) is 54.9 Å². The fraction of sp³-hybridized carbons (Fsp3) is 0.464. The molecule has 12 nitrogen and oxygen atoms in total. The van der Waals surface area contributed by atoms with Crippen molar-refractivity contribution in [2.75, 3.05) is 0 Å². The summed E-state index contributed by atoms with van der Waals surface area (Å²) in [6.45, 7) is 0. The van der Waals surface area contributed by atoms with Crippen LogP contribution >= 0.6 is 67.8 Å². The quantitative estimate of drug-likeness (QED) is 0.0397. The maximum atomic E-state index is 14.2. The number of nitrogens with zero attached hydrogens (tertiary/aromatic N) is 1. The Morgan fingerprint density at radius 1 is 0.980 bits per heavy atom. The molecule has 0 radical (unpaired) electrons. The summed E-state index contributed by atoms with van der Waals surface area (Å²) in [6.07, 6.45) is -10.5. The highest BCUT2D eigenvalue weighted by molar-refractivity contribution is 14.1. The fourth-order valence-corrected chi connectivity index (χ4v) is 10.0. The lowest BCUT2D eigenvalue weighted by atomic mass is 9.48. The third kappa shape index (κ3) is 7.50. The van der Waals surface area contributed by atoms with Gasteiger partial charge < -0.3 is 14.2 Å². The Balaban J connectivity index is 1.39. The van der Waals surface area contributed by atoms with Gasteiger partial charge in [-0.15, -0.1) is 0 Å². The number of carbonyl (C=O) groups is 3. The van der Waals surface area contributed by atoms with Gasteiger partial charge in [0, 0.05) is 23.2 Å². The van der Waals surface area contributed by atoms with Crippen molar-refractivity contribution < 1.29 is 68.4 Å². The van der Waals surface area contributed by atoms with E-state index in [-0.39, 0.29) is 36.8 Å². The Bertz CT molecular complexity index is 1860. The van der Waals surface area contributed by atoms with E-state index in [1.165, 1.54) is 6.07 Å². The Morgan fingerprint density at radius 2 is 1.59 bits per heavy atom. The zero-order valence-electron chi connectivity index (χ0n) is 24.3. The number of ether oxygens (including phenoxy) is 3. The van der Waals surface area contributed by atoms with Gasteiger partial charge in [0.05, 0.1) is 21.5 Å². The minimum atomic E-state index is -6.66. The molecule has 0 amide bonds. The highest BCUT2D eigenvalue weighted by Crippen LogP contribution is 2.63. The molecule has 6 rings (SSSR count). The van der Waals surface area contributed by atoms with Crippen LogP contribution in [0.5, 0.6) is 5.75 Å². The van der Waals surface area contributed by atoms with Crippen LogP contribution in [0, 0.1) is 38.1 Å². The first kappa shape index (κ1) is 38.2. The molecule has 0 saturated heterocycles. The molecular formula is C28H21F5I3NO11S. The number of hydrogen-bond donors (Lipinski definition) is 1. The SMILES string of the molecule is O=C(OC12CC3CC(C1)CC(C(=O)OC(C(F)(F)F)C(F)(F)S(=O)(=O)O)(C3)C2)c1ccc(OC(=O)c2cc(I)cc(I)c2I)c([N+](=O)[O-])c1. The van der Waals surface area contributed by atoms with E-state index in [0.717, 1.165) is 21.8 Å². The van der Waals surface area contributed by atoms with Crippen molar-refractivity contribution in [2.24, 2.45) is 17.3 Å². The third-order valence-corrected chi connectivity index (χ3v) is 13.3. The molecule has 4 saturated carbocycles. The van der Waals surface area contributed by atoms with Gasteiger partial charge in [-0.05, 0) is 136 Å². The number of benzene rings is 2. The van der Waals surface area contributed by atoms with Crippen molar-refractivity contribution in [2.45, 2.75) is 61.7 Å². The molecule has 0 aliphatic heterocycles. The molecule has 0 spiro atoms. The van der Waals surface area contributed by atoms with Gasteiger partial charge in [-0.3, -0.25) is 19.5 Å². The van der Waals surface area contributed by atoms with Crippen LogP contribution in [-0.2, 0) is 24.4 Å². The predicted octanol–water partition coefficient (Wildman–Crippen LogP) is 7.08. The van der Waals surface area contributed by atoms with E-state index >= 15 is 0 Å². The molecule has 2 aromatic carbocycles. The van der Waals surface area contributed by atoms with Crippen LogP contribution in [0.1, 0.15) is 59.2 Å². The van der Waals surface area contributed by atoms with E-state index in [2.05, 4.69) is 4.74 Å². The molecule has 49 heavy (non-hydrogen) atoms. The number of esters is 3. The molecule has 266 valence electrons. The minimum absolute atomic E-state index is 0.117. The van der Waals surface area contributed by atoms with Crippen molar-refractivity contribution >= 4 is 101 Å². The molecule has 0 heterocycles. The van der Waals surface area contributed by atoms with Gasteiger partial charge in [0.1, 0.15) is 5.60 Å². The van der Waals surface area contributed by atoms with Crippen molar-refractivity contribution in [1.82, 2.24) is 0 Å². The van der Waals surface area contributed by atoms with Gasteiger partial charge in [-0.1, -0.05) is 0 Å². The van der Waals surface area contributed by atoms with Gasteiger partial charge in [0.2, 0.25) is 5.75 Å². The van der Waals surface area contributed by atoms with Gasteiger partial charge in [0.25, 0.3) is 6.10 Å². The molecule has 0 aromatic heterocycles. The van der Waals surface area contributed by atoms with Crippen LogP contribution in [0.2, 0.25) is 0 Å². The highest BCUT2D eigenvalue weighted by Gasteiger charge is 2.69. The molecule has 4 bridgehead atoms. The van der Waals surface area contributed by atoms with Crippen LogP contribution in [0.25, 0.3) is 0 Å². The molecule has 4 fully saturated rings. The average Bonchev–Trinajstić information content (AvgIpc) is 2.95. The van der Waals surface area contributed by atoms with Crippen LogP contribution in [-0.4, -0.2) is 58.9 Å². The van der Waals surface area contributed by atoms with E-state index in [1.807, 2.05) is 67.8 Å². The maximum Gasteiger partial charge on any atom is 0.432 e. The van der Waals surface area contributed by atoms with E-state index in [0.29, 0.717) is 13.6 Å². The first-order chi connectivity index (χ1) is 22.5. The van der Waals surface area contributed by atoms with E-state index in [4.69, 9.17) is 14.0 Å². The Labute approximate surface area is 314 Å². The van der Waals surface area contributed by atoms with Gasteiger partial charge in [-0.25, -0.2) is 9.59 Å². The Kier molecular flexibility index (Phi) is 10.3. The van der Waals surface area contributed by atoms with Crippen LogP contribution in [0.4, 0.5) is 27.6 Å². The predicted molar refractivity (Wildman–Crippen MR) is 180 cm³/mol. The Morgan fingerprint density at radius 3 is 2.14 bits per heavy atom. The molecular weight excluding hydrogens is 1030 g/mol. The molecule has 2 aromatic rings. The summed E-state index contributed by atoms with van der Waals surface area (Å²) in [5.74, 6) is -5.11. The van der Waals surface area contributed by atoms with Crippen molar-refractivity contribution in [3.8, 4) is 5.75 Å². The zero-order valence-corrected chi connectivity index (χ0v) is 31.6. The average molecular weight is 1060 g/mol. The first-order valence-electron chi connectivity index (χ1n) is 14.0. The smallest absolute Gasteiger partial charge is 0.432 e. The van der Waals surface area contributed by atoms with Gasteiger partial charge in [0.15, 0.2) is 0 Å². The molecule has 1 N–H and O–H groups in total. The largest absolute Gasteiger partial charge is 0.455 e. The second-order valence-corrected chi connectivity index (χ2v) is 17.2. The van der Waals surface area contributed by atoms with E-state index in [1.54, 1.807) is 6.07 Å². The summed E-state index contributed by atoms with van der Waals surface area (Å²) >= 11 is 5.92. The number of nitro benzene ring substituents is 1. The summed E-state index contributed by atoms with van der Waals surface area (Å²) in [7, 11) is -6.66. The minimum Gasteiger partial charge on any atom is -0.455 e. The maximum absolute atomic E-state index is 14.2. The topological polar surface area (TPSA) is 176 Å². The lowest BCUT2D eigenvalue weighted by Gasteiger charge is -2.59. The standard InChI is InChI=1S/C28H21F5I3NO11S/c29-27(30,31)23(28(32,33)49(43,44)45)47-24(40)25-7-12-3-13(8-25)10-26(9-12,11-25)48-21(38)14-1-2-19(18(4-14)37(41)42)46-22(39)16-5-15(34)6-17(35)20(16)36/h1-2,4-6,12-13,23H,3,7-11H2,(H,43,44,45). The monoisotopic (exact) mass is 1050 g/mol. The number of rotatable bonds is 9. The van der Waals surface area contributed by atoms with Crippen molar-refractivity contribution in [1.29, 1.82) is 0 Å². The summed E-state index contributed by atoms with van der Waals surface area (Å²) in [5, 5.41) is 6.01. The van der Waals surface area contributed by atoms with Crippen molar-refractivity contribution in [3.63, 3.8) is 0 Å². The van der Waals surface area contributed by atoms with Gasteiger partial charge >= 0.3 is 45.1 Å². The number of alkyl halides is 5. The lowest BCUT2D eigenvalue weighted by Crippen LogP contribution is -2.61. The summed E-state index contributed by atoms with van der Waals surface area (Å²) < 4.78 is 117. The summed E-state index contributed by atoms with van der Waals surface area (Å²) in [4.78, 5) is 50.6. The van der Waals surface area contributed by atoms with Crippen LogP contribution in [0.3, 0.4) is 0 Å². The summed E-state index contributed by atoms with van der Waals surface area (Å²) in [6, 6.07) is 6.26. The third-order valence-electron chi connectivity index (χ3n) is 8.73. The molecule has 21 heteroatoms. The number of hydrogen-bond acceptors (Lipinski definition) is 10. The molecule has 4 aliphatic carbocycles. The van der Waals surface area contributed by atoms with E-state index < -0.39 is 91.2 Å². The second kappa shape index (κ2) is 13.2. The normalized spacial score (nSPS) is 25.4. The zero-order chi connectivity index (χ0) is 36.5. The second-order valence-electron chi connectivity index (χ2n) is 12.3. The lowest BCUT2D eigenvalue weighted by molar-refractivity contribution is -0.385. The molecule has 4 aliphatic rings. The van der Waals surface area contributed by atoms with Crippen molar-refractivity contribution in [3.05, 3.63) is 62.3 Å². The number of halogens is 8. The van der Waals surface area contributed by atoms with Gasteiger partial charge in [-0.2, -0.15) is 30.4 Å². The molecule has 3 unspecified atom stereocenters. The first-order valence-corrected chi connectivity index (χ1v) is 18.7. The number of carbonyl (C=O) groups excluding carboxylic acids is 3. The van der Waals surface area contributed by atoms with Crippen LogP contribution < -0.4 is 4.74 Å². The van der Waals surface area contributed by atoms with Crippen LogP contribution in [0.15, 0.2) is 30.3 Å². The fourth-order valence-electron chi connectivity index (χ4n) is 7.22. The highest BCUT2D eigenvalue weighted by atomic mass is 127. The molecule has 3 atom stereocenters. The number of nitro groups is 1. The summed E-state index contributed by atoms with van der Waals surface area (Å²) in [5.41, 5.74) is -4.34.